The molecule has 0 bridgehead atoms. The second-order valence-electron chi connectivity index (χ2n) is 7.23. The van der Waals surface area contributed by atoms with Crippen LogP contribution in [0.1, 0.15) is 69.4 Å². The highest BCUT2D eigenvalue weighted by Gasteiger charge is 2.27. The van der Waals surface area contributed by atoms with E-state index in [9.17, 15) is 0 Å². The number of rotatable bonds is 5. The quantitative estimate of drug-likeness (QED) is 0.549. The van der Waals surface area contributed by atoms with Gasteiger partial charge in [0.2, 0.25) is 0 Å². The van der Waals surface area contributed by atoms with Crippen LogP contribution in [0.15, 0.2) is 42.5 Å². The summed E-state index contributed by atoms with van der Waals surface area (Å²) in [5.74, 6) is 1.29. The largest absolute Gasteiger partial charge is 0.206 e. The molecule has 0 N–H and O–H groups in total. The highest BCUT2D eigenvalue weighted by Crippen LogP contribution is 2.41. The van der Waals surface area contributed by atoms with Gasteiger partial charge in [-0.2, -0.15) is 0 Å². The fourth-order valence-corrected chi connectivity index (χ4v) is 4.37. The zero-order valence-corrected chi connectivity index (χ0v) is 15.0. The molecule has 0 heterocycles. The Bertz CT molecular complexity index is 651. The van der Waals surface area contributed by atoms with E-state index in [0.717, 1.165) is 41.9 Å². The Morgan fingerprint density at radius 1 is 0.917 bits per heavy atom. The third-order valence-corrected chi connectivity index (χ3v) is 5.69. The van der Waals surface area contributed by atoms with Gasteiger partial charge >= 0.3 is 0 Å². The monoisotopic (exact) mass is 324 g/mol. The summed E-state index contributed by atoms with van der Waals surface area (Å²) in [5, 5.41) is 0. The molecule has 0 aliphatic heterocycles. The molecule has 2 aromatic rings. The van der Waals surface area contributed by atoms with Crippen LogP contribution in [0.5, 0.6) is 0 Å². The Kier molecular flexibility index (Phi) is 5.71. The third-order valence-electron chi connectivity index (χ3n) is 5.69. The molecule has 2 aromatic carbocycles. The Morgan fingerprint density at radius 3 is 2.25 bits per heavy atom. The molecular weight excluding hydrogens is 295 g/mol. The Morgan fingerprint density at radius 2 is 1.62 bits per heavy atom. The van der Waals surface area contributed by atoms with Crippen molar-refractivity contribution in [1.29, 1.82) is 0 Å². The first-order chi connectivity index (χ1) is 11.7. The molecule has 1 saturated carbocycles. The van der Waals surface area contributed by atoms with Gasteiger partial charge in [-0.3, -0.25) is 0 Å². The number of hydrogen-bond donors (Lipinski definition) is 0. The Hall–Kier alpha value is -1.63. The van der Waals surface area contributed by atoms with Gasteiger partial charge in [0, 0.05) is 5.56 Å². The second-order valence-corrected chi connectivity index (χ2v) is 7.23. The fourth-order valence-electron chi connectivity index (χ4n) is 4.37. The molecule has 0 saturated heterocycles. The van der Waals surface area contributed by atoms with E-state index in [1.165, 1.54) is 31.2 Å². The topological polar surface area (TPSA) is 0 Å². The van der Waals surface area contributed by atoms with Crippen molar-refractivity contribution in [2.24, 2.45) is 5.92 Å². The van der Waals surface area contributed by atoms with E-state index in [1.807, 2.05) is 36.4 Å². The van der Waals surface area contributed by atoms with Crippen LogP contribution in [0.4, 0.5) is 4.39 Å². The van der Waals surface area contributed by atoms with Gasteiger partial charge in [-0.05, 0) is 60.6 Å². The van der Waals surface area contributed by atoms with E-state index >= 15 is 4.39 Å². The van der Waals surface area contributed by atoms with Crippen molar-refractivity contribution in [3.05, 3.63) is 59.4 Å². The van der Waals surface area contributed by atoms with Gasteiger partial charge in [-0.1, -0.05) is 69.2 Å². The molecular formula is C23H29F. The highest BCUT2D eigenvalue weighted by molar-refractivity contribution is 5.66. The third kappa shape index (κ3) is 3.55. The molecule has 0 unspecified atom stereocenters. The van der Waals surface area contributed by atoms with E-state index < -0.39 is 0 Å². The average molecular weight is 324 g/mol. The normalized spacial score (nSPS) is 21.0. The van der Waals surface area contributed by atoms with Crippen molar-refractivity contribution in [3.63, 3.8) is 0 Å². The molecule has 128 valence electrons. The molecule has 1 aliphatic carbocycles. The minimum Gasteiger partial charge on any atom is -0.206 e. The predicted octanol–water partition coefficient (Wildman–Crippen LogP) is 7.13. The van der Waals surface area contributed by atoms with Gasteiger partial charge < -0.3 is 0 Å². The molecule has 0 amide bonds. The van der Waals surface area contributed by atoms with E-state index in [1.54, 1.807) is 0 Å². The molecule has 0 nitrogen and oxygen atoms in total. The van der Waals surface area contributed by atoms with Crippen LogP contribution in [0.3, 0.4) is 0 Å². The van der Waals surface area contributed by atoms with Crippen LogP contribution in [0.2, 0.25) is 0 Å². The van der Waals surface area contributed by atoms with Gasteiger partial charge in [0.1, 0.15) is 5.82 Å². The van der Waals surface area contributed by atoms with Crippen molar-refractivity contribution < 1.29 is 4.39 Å². The summed E-state index contributed by atoms with van der Waals surface area (Å²) in [7, 11) is 0. The van der Waals surface area contributed by atoms with Gasteiger partial charge in [-0.15, -0.1) is 0 Å². The lowest BCUT2D eigenvalue weighted by Crippen LogP contribution is -2.16. The molecule has 1 aliphatic rings. The maximum Gasteiger partial charge on any atom is 0.134 e. The molecule has 1 heteroatoms. The van der Waals surface area contributed by atoms with Crippen molar-refractivity contribution >= 4 is 0 Å². The summed E-state index contributed by atoms with van der Waals surface area (Å²) in [6.45, 7) is 4.41. The number of hydrogen-bond acceptors (Lipinski definition) is 0. The maximum absolute atomic E-state index is 15.4. The van der Waals surface area contributed by atoms with Crippen molar-refractivity contribution in [2.45, 2.75) is 64.7 Å². The molecule has 0 spiro atoms. The lowest BCUT2D eigenvalue weighted by atomic mass is 9.75. The van der Waals surface area contributed by atoms with E-state index in [-0.39, 0.29) is 5.82 Å². The smallest absolute Gasteiger partial charge is 0.134 e. The van der Waals surface area contributed by atoms with Crippen LogP contribution in [-0.2, 0) is 6.42 Å². The second kappa shape index (κ2) is 7.96. The van der Waals surface area contributed by atoms with Gasteiger partial charge in [-0.25, -0.2) is 4.39 Å². The van der Waals surface area contributed by atoms with Crippen LogP contribution in [0.25, 0.3) is 11.1 Å². The van der Waals surface area contributed by atoms with Crippen LogP contribution in [-0.4, -0.2) is 0 Å². The van der Waals surface area contributed by atoms with Crippen LogP contribution >= 0.6 is 0 Å². The van der Waals surface area contributed by atoms with Crippen LogP contribution < -0.4 is 0 Å². The fraction of sp³-hybridized carbons (Fsp3) is 0.478. The lowest BCUT2D eigenvalue weighted by molar-refractivity contribution is 0.304. The number of benzene rings is 2. The zero-order chi connectivity index (χ0) is 16.9. The number of aryl methyl sites for hydroxylation is 1. The number of halogens is 1. The molecule has 0 radical (unpaired) electrons. The average Bonchev–Trinajstić information content (AvgIpc) is 2.63. The lowest BCUT2D eigenvalue weighted by Gasteiger charge is -2.30. The predicted molar refractivity (Wildman–Crippen MR) is 101 cm³/mol. The summed E-state index contributed by atoms with van der Waals surface area (Å²) in [4.78, 5) is 0. The molecule has 0 aromatic heterocycles. The maximum atomic E-state index is 15.4. The Labute approximate surface area is 146 Å². The Balaban J connectivity index is 1.92. The first kappa shape index (κ1) is 17.2. The molecule has 1 fully saturated rings. The van der Waals surface area contributed by atoms with Gasteiger partial charge in [0.15, 0.2) is 0 Å². The van der Waals surface area contributed by atoms with Crippen molar-refractivity contribution in [2.75, 3.05) is 0 Å². The minimum absolute atomic E-state index is 0.0273. The van der Waals surface area contributed by atoms with Crippen LogP contribution in [0, 0.1) is 11.7 Å². The first-order valence-corrected chi connectivity index (χ1v) is 9.61. The molecule has 24 heavy (non-hydrogen) atoms. The van der Waals surface area contributed by atoms with E-state index in [0.29, 0.717) is 5.92 Å². The standard InChI is InChI=1S/C23H29F/c1-3-8-17-11-13-20(14-12-17)22-18(4-2)15-16-21(23(22)24)19-9-6-5-7-10-19/h5-7,9-10,15-17,20H,3-4,8,11-14H2,1-2H3. The summed E-state index contributed by atoms with van der Waals surface area (Å²) >= 11 is 0. The first-order valence-electron chi connectivity index (χ1n) is 9.61. The van der Waals surface area contributed by atoms with Gasteiger partial charge in [0.25, 0.3) is 0 Å². The highest BCUT2D eigenvalue weighted by atomic mass is 19.1. The van der Waals surface area contributed by atoms with Crippen molar-refractivity contribution in [1.82, 2.24) is 0 Å². The summed E-state index contributed by atoms with van der Waals surface area (Å²) in [6, 6.07) is 14.1. The molecule has 0 atom stereocenters. The minimum atomic E-state index is 0.0273. The summed E-state index contributed by atoms with van der Waals surface area (Å²) < 4.78 is 15.4. The SMILES string of the molecule is CCCC1CCC(c2c(CC)ccc(-c3ccccc3)c2F)CC1. The summed E-state index contributed by atoms with van der Waals surface area (Å²) in [5.41, 5.74) is 3.96. The van der Waals surface area contributed by atoms with Gasteiger partial charge in [0.05, 0.1) is 0 Å². The van der Waals surface area contributed by atoms with E-state index in [2.05, 4.69) is 19.9 Å². The molecule has 3 rings (SSSR count). The summed E-state index contributed by atoms with van der Waals surface area (Å²) in [6.07, 6.45) is 8.33. The van der Waals surface area contributed by atoms with Crippen molar-refractivity contribution in [3.8, 4) is 11.1 Å². The zero-order valence-electron chi connectivity index (χ0n) is 15.0. The van der Waals surface area contributed by atoms with E-state index in [4.69, 9.17) is 0 Å².